The summed E-state index contributed by atoms with van der Waals surface area (Å²) in [5, 5.41) is 6.98. The third kappa shape index (κ3) is 6.17. The zero-order valence-electron chi connectivity index (χ0n) is 20.4. The van der Waals surface area contributed by atoms with Gasteiger partial charge in [0.05, 0.1) is 17.0 Å². The summed E-state index contributed by atoms with van der Waals surface area (Å²) >= 11 is 1.57. The Labute approximate surface area is 216 Å². The molecule has 0 aliphatic carbocycles. The summed E-state index contributed by atoms with van der Waals surface area (Å²) in [7, 11) is 0. The van der Waals surface area contributed by atoms with Crippen molar-refractivity contribution in [3.8, 4) is 0 Å². The van der Waals surface area contributed by atoms with Crippen LogP contribution in [0.15, 0.2) is 94.3 Å². The molecule has 0 bridgehead atoms. The maximum absolute atomic E-state index is 13.0. The molecule has 1 aliphatic rings. The van der Waals surface area contributed by atoms with Crippen molar-refractivity contribution in [1.29, 1.82) is 0 Å². The quantitative estimate of drug-likeness (QED) is 0.308. The molecule has 0 atom stereocenters. The van der Waals surface area contributed by atoms with Gasteiger partial charge in [0.25, 0.3) is 5.91 Å². The normalized spacial score (nSPS) is 14.1. The van der Waals surface area contributed by atoms with Crippen molar-refractivity contribution in [1.82, 2.24) is 10.1 Å². The first-order valence-electron chi connectivity index (χ1n) is 12.2. The molecule has 1 saturated heterocycles. The number of thioether (sulfide) groups is 1. The van der Waals surface area contributed by atoms with E-state index < -0.39 is 0 Å². The molecule has 1 aliphatic heterocycles. The number of aromatic nitrogens is 1. The minimum Gasteiger partial charge on any atom is -0.369 e. The summed E-state index contributed by atoms with van der Waals surface area (Å²) in [5.41, 5.74) is 4.84. The summed E-state index contributed by atoms with van der Waals surface area (Å²) in [4.78, 5) is 18.9. The standard InChI is InChI=1S/C29H30N4O2S/c1-22-19-26(35-31-22)21-36-28-10-6-5-9-27(28)29(34)30-24-11-13-25(14-12-24)33-17-15-32(16-18-33)20-23-7-3-2-4-8-23/h2-14,19H,15-18,20-21H2,1H3,(H,30,34). The highest BCUT2D eigenvalue weighted by Gasteiger charge is 2.18. The molecule has 1 fully saturated rings. The Kier molecular flexibility index (Phi) is 7.69. The van der Waals surface area contributed by atoms with Crippen molar-refractivity contribution >= 4 is 29.0 Å². The van der Waals surface area contributed by atoms with Crippen LogP contribution in [0.4, 0.5) is 11.4 Å². The lowest BCUT2D eigenvalue weighted by Crippen LogP contribution is -2.45. The molecule has 1 aromatic heterocycles. The van der Waals surface area contributed by atoms with E-state index in [1.54, 1.807) is 11.8 Å². The van der Waals surface area contributed by atoms with Crippen LogP contribution >= 0.6 is 11.8 Å². The van der Waals surface area contributed by atoms with Crippen molar-refractivity contribution in [2.24, 2.45) is 0 Å². The molecule has 7 heteroatoms. The first kappa shape index (κ1) is 24.2. The number of carbonyl (C=O) groups is 1. The molecule has 4 aromatic rings. The van der Waals surface area contributed by atoms with Crippen LogP contribution in [0.3, 0.4) is 0 Å². The number of benzene rings is 3. The Morgan fingerprint density at radius 1 is 0.944 bits per heavy atom. The molecule has 0 radical (unpaired) electrons. The Morgan fingerprint density at radius 2 is 1.67 bits per heavy atom. The first-order chi connectivity index (χ1) is 17.6. The van der Waals surface area contributed by atoms with E-state index in [0.717, 1.165) is 54.8 Å². The van der Waals surface area contributed by atoms with Gasteiger partial charge in [-0.25, -0.2) is 0 Å². The van der Waals surface area contributed by atoms with Gasteiger partial charge in [0.15, 0.2) is 0 Å². The van der Waals surface area contributed by atoms with E-state index in [9.17, 15) is 4.79 Å². The minimum atomic E-state index is -0.117. The van der Waals surface area contributed by atoms with E-state index >= 15 is 0 Å². The van der Waals surface area contributed by atoms with Gasteiger partial charge in [0, 0.05) is 55.1 Å². The minimum absolute atomic E-state index is 0.117. The van der Waals surface area contributed by atoms with E-state index in [0.29, 0.717) is 11.3 Å². The summed E-state index contributed by atoms with van der Waals surface area (Å²) in [6, 6.07) is 28.4. The number of piperazine rings is 1. The second-order valence-electron chi connectivity index (χ2n) is 8.97. The number of rotatable bonds is 8. The lowest BCUT2D eigenvalue weighted by Gasteiger charge is -2.36. The van der Waals surface area contributed by atoms with Gasteiger partial charge in [-0.1, -0.05) is 47.6 Å². The number of nitrogens with one attached hydrogen (secondary N) is 1. The maximum Gasteiger partial charge on any atom is 0.256 e. The number of anilines is 2. The zero-order chi connectivity index (χ0) is 24.7. The monoisotopic (exact) mass is 498 g/mol. The second kappa shape index (κ2) is 11.5. The molecule has 6 nitrogen and oxygen atoms in total. The average Bonchev–Trinajstić information content (AvgIpc) is 3.34. The van der Waals surface area contributed by atoms with Crippen LogP contribution < -0.4 is 10.2 Å². The fourth-order valence-corrected chi connectivity index (χ4v) is 5.30. The van der Waals surface area contributed by atoms with Crippen LogP contribution in [0.5, 0.6) is 0 Å². The van der Waals surface area contributed by atoms with Crippen LogP contribution in [0.2, 0.25) is 0 Å². The summed E-state index contributed by atoms with van der Waals surface area (Å²) in [6.45, 7) is 6.96. The van der Waals surface area contributed by atoms with Gasteiger partial charge in [-0.2, -0.15) is 0 Å². The highest BCUT2D eigenvalue weighted by Crippen LogP contribution is 2.28. The molecule has 2 heterocycles. The third-order valence-electron chi connectivity index (χ3n) is 6.29. The molecule has 0 unspecified atom stereocenters. The predicted octanol–water partition coefficient (Wildman–Crippen LogP) is 5.85. The van der Waals surface area contributed by atoms with Gasteiger partial charge in [-0.3, -0.25) is 9.69 Å². The van der Waals surface area contributed by atoms with E-state index in [-0.39, 0.29) is 5.91 Å². The molecule has 1 N–H and O–H groups in total. The molecule has 0 saturated carbocycles. The van der Waals surface area contributed by atoms with Crippen LogP contribution in [-0.4, -0.2) is 42.1 Å². The number of hydrogen-bond donors (Lipinski definition) is 1. The Bertz CT molecular complexity index is 1280. The van der Waals surface area contributed by atoms with Gasteiger partial charge in [0.2, 0.25) is 0 Å². The smallest absolute Gasteiger partial charge is 0.256 e. The van der Waals surface area contributed by atoms with Crippen molar-refractivity contribution in [2.75, 3.05) is 36.4 Å². The molecule has 1 amide bonds. The van der Waals surface area contributed by atoms with E-state index in [1.165, 1.54) is 11.3 Å². The van der Waals surface area contributed by atoms with Gasteiger partial charge in [0.1, 0.15) is 5.76 Å². The van der Waals surface area contributed by atoms with Gasteiger partial charge < -0.3 is 14.7 Å². The highest BCUT2D eigenvalue weighted by molar-refractivity contribution is 7.98. The van der Waals surface area contributed by atoms with Gasteiger partial charge in [-0.15, -0.1) is 11.8 Å². The van der Waals surface area contributed by atoms with E-state index in [1.807, 2.05) is 49.4 Å². The van der Waals surface area contributed by atoms with Crippen LogP contribution in [0, 0.1) is 6.92 Å². The van der Waals surface area contributed by atoms with Gasteiger partial charge >= 0.3 is 0 Å². The summed E-state index contributed by atoms with van der Waals surface area (Å²) in [5.74, 6) is 1.30. The van der Waals surface area contributed by atoms with Crippen molar-refractivity contribution < 1.29 is 9.32 Å². The fraction of sp³-hybridized carbons (Fsp3) is 0.241. The molecular weight excluding hydrogens is 468 g/mol. The average molecular weight is 499 g/mol. The molecule has 5 rings (SSSR count). The lowest BCUT2D eigenvalue weighted by atomic mass is 10.1. The van der Waals surface area contributed by atoms with Crippen molar-refractivity contribution in [2.45, 2.75) is 24.1 Å². The van der Waals surface area contributed by atoms with E-state index in [2.05, 4.69) is 62.7 Å². The SMILES string of the molecule is Cc1cc(CSc2ccccc2C(=O)Nc2ccc(N3CCN(Cc4ccccc4)CC3)cc2)on1. The summed E-state index contributed by atoms with van der Waals surface area (Å²) in [6.07, 6.45) is 0. The number of hydrogen-bond acceptors (Lipinski definition) is 6. The van der Waals surface area contributed by atoms with Gasteiger partial charge in [-0.05, 0) is 48.9 Å². The van der Waals surface area contributed by atoms with Crippen LogP contribution in [-0.2, 0) is 12.3 Å². The molecule has 0 spiro atoms. The maximum atomic E-state index is 13.0. The van der Waals surface area contributed by atoms with Crippen molar-refractivity contribution in [3.63, 3.8) is 0 Å². The van der Waals surface area contributed by atoms with E-state index in [4.69, 9.17) is 4.52 Å². The Balaban J connectivity index is 1.15. The number of carbonyl (C=O) groups excluding carboxylic acids is 1. The number of nitrogens with zero attached hydrogens (tertiary/aromatic N) is 3. The fourth-order valence-electron chi connectivity index (χ4n) is 4.37. The molecule has 184 valence electrons. The zero-order valence-corrected chi connectivity index (χ0v) is 21.2. The topological polar surface area (TPSA) is 61.6 Å². The van der Waals surface area contributed by atoms with Crippen molar-refractivity contribution in [3.05, 3.63) is 108 Å². The number of amides is 1. The molecular formula is C29H30N4O2S. The predicted molar refractivity (Wildman–Crippen MR) is 146 cm³/mol. The van der Waals surface area contributed by atoms with Crippen LogP contribution in [0.25, 0.3) is 0 Å². The lowest BCUT2D eigenvalue weighted by molar-refractivity contribution is 0.102. The first-order valence-corrected chi connectivity index (χ1v) is 13.2. The largest absolute Gasteiger partial charge is 0.369 e. The number of aryl methyl sites for hydroxylation is 1. The third-order valence-corrected chi connectivity index (χ3v) is 7.39. The summed E-state index contributed by atoms with van der Waals surface area (Å²) < 4.78 is 5.30. The highest BCUT2D eigenvalue weighted by atomic mass is 32.2. The Hall–Kier alpha value is -3.55. The van der Waals surface area contributed by atoms with Crippen LogP contribution in [0.1, 0.15) is 27.4 Å². The Morgan fingerprint density at radius 3 is 2.39 bits per heavy atom. The second-order valence-corrected chi connectivity index (χ2v) is 9.99. The molecule has 3 aromatic carbocycles. The molecule has 36 heavy (non-hydrogen) atoms.